The van der Waals surface area contributed by atoms with E-state index in [1.807, 2.05) is 0 Å². The lowest BCUT2D eigenvalue weighted by Crippen LogP contribution is -2.53. The minimum Gasteiger partial charge on any atom is -0.388 e. The van der Waals surface area contributed by atoms with Gasteiger partial charge in [0.15, 0.2) is 0 Å². The molecule has 0 amide bonds. The molecule has 3 atom stereocenters. The first-order valence-electron chi connectivity index (χ1n) is 8.54. The molecule has 3 fully saturated rings. The minimum absolute atomic E-state index is 0.538. The van der Waals surface area contributed by atoms with Gasteiger partial charge in [-0.2, -0.15) is 0 Å². The summed E-state index contributed by atoms with van der Waals surface area (Å²) in [6.07, 6.45) is 9.54. The highest BCUT2D eigenvalue weighted by molar-refractivity contribution is 4.93. The fraction of sp³-hybridized carbons (Fsp3) is 1.00. The molecule has 3 unspecified atom stereocenters. The minimum atomic E-state index is -0.538. The molecule has 0 aromatic rings. The van der Waals surface area contributed by atoms with Gasteiger partial charge in [-0.05, 0) is 38.1 Å². The summed E-state index contributed by atoms with van der Waals surface area (Å²) >= 11 is 0. The molecule has 0 spiro atoms. The maximum Gasteiger partial charge on any atom is 0.0815 e. The van der Waals surface area contributed by atoms with Crippen molar-refractivity contribution in [2.45, 2.75) is 69.1 Å². The van der Waals surface area contributed by atoms with Crippen molar-refractivity contribution < 1.29 is 9.84 Å². The molecule has 3 aliphatic rings. The molecule has 0 radical (unpaired) electrons. The van der Waals surface area contributed by atoms with Crippen LogP contribution in [-0.2, 0) is 4.74 Å². The van der Waals surface area contributed by atoms with Crippen LogP contribution in [0.3, 0.4) is 0 Å². The van der Waals surface area contributed by atoms with Gasteiger partial charge in [-0.3, -0.25) is 0 Å². The van der Waals surface area contributed by atoms with E-state index in [1.165, 1.54) is 45.1 Å². The molecule has 0 aromatic heterocycles. The van der Waals surface area contributed by atoms with E-state index >= 15 is 0 Å². The molecule has 1 saturated carbocycles. The molecular formula is C16H30N2O2. The van der Waals surface area contributed by atoms with Gasteiger partial charge in [0.2, 0.25) is 0 Å². The van der Waals surface area contributed by atoms with Crippen LogP contribution in [0.5, 0.6) is 0 Å². The molecule has 2 aliphatic heterocycles. The van der Waals surface area contributed by atoms with E-state index < -0.39 is 5.60 Å². The average Bonchev–Trinajstić information content (AvgIpc) is 3.00. The SMILES string of the molecule is OC1(CNC2CCCCC2C2CCCN2)CCOCC1. The Bertz CT molecular complexity index is 299. The Kier molecular flexibility index (Phi) is 4.97. The first-order valence-corrected chi connectivity index (χ1v) is 8.54. The summed E-state index contributed by atoms with van der Waals surface area (Å²) < 4.78 is 5.36. The van der Waals surface area contributed by atoms with Crippen LogP contribution in [0.4, 0.5) is 0 Å². The predicted octanol–water partition coefficient (Wildman–Crippen LogP) is 1.43. The van der Waals surface area contributed by atoms with Crippen LogP contribution < -0.4 is 10.6 Å². The van der Waals surface area contributed by atoms with Crippen LogP contribution in [0.15, 0.2) is 0 Å². The summed E-state index contributed by atoms with van der Waals surface area (Å²) in [5, 5.41) is 18.0. The van der Waals surface area contributed by atoms with Gasteiger partial charge in [0.1, 0.15) is 0 Å². The van der Waals surface area contributed by atoms with Crippen molar-refractivity contribution in [3.8, 4) is 0 Å². The van der Waals surface area contributed by atoms with Crippen molar-refractivity contribution in [3.05, 3.63) is 0 Å². The molecule has 20 heavy (non-hydrogen) atoms. The van der Waals surface area contributed by atoms with Crippen molar-refractivity contribution in [3.63, 3.8) is 0 Å². The van der Waals surface area contributed by atoms with Crippen molar-refractivity contribution in [2.75, 3.05) is 26.3 Å². The van der Waals surface area contributed by atoms with E-state index in [2.05, 4.69) is 10.6 Å². The fourth-order valence-corrected chi connectivity index (χ4v) is 4.22. The summed E-state index contributed by atoms with van der Waals surface area (Å²) in [6, 6.07) is 1.29. The molecule has 3 N–H and O–H groups in total. The van der Waals surface area contributed by atoms with Gasteiger partial charge in [-0.25, -0.2) is 0 Å². The fourth-order valence-electron chi connectivity index (χ4n) is 4.22. The van der Waals surface area contributed by atoms with E-state index in [0.717, 1.165) is 25.3 Å². The summed E-state index contributed by atoms with van der Waals surface area (Å²) in [5.74, 6) is 0.759. The first kappa shape index (κ1) is 14.8. The van der Waals surface area contributed by atoms with Crippen LogP contribution in [0.1, 0.15) is 51.4 Å². The highest BCUT2D eigenvalue weighted by atomic mass is 16.5. The number of hydrogen-bond acceptors (Lipinski definition) is 4. The summed E-state index contributed by atoms with van der Waals surface area (Å²) in [5.41, 5.74) is -0.538. The Morgan fingerprint density at radius 1 is 1.10 bits per heavy atom. The maximum absolute atomic E-state index is 10.6. The van der Waals surface area contributed by atoms with Crippen molar-refractivity contribution in [1.82, 2.24) is 10.6 Å². The smallest absolute Gasteiger partial charge is 0.0815 e. The molecule has 2 saturated heterocycles. The number of hydrogen-bond donors (Lipinski definition) is 3. The Labute approximate surface area is 122 Å². The Morgan fingerprint density at radius 2 is 1.90 bits per heavy atom. The molecule has 116 valence electrons. The number of nitrogens with one attached hydrogen (secondary N) is 2. The van der Waals surface area contributed by atoms with E-state index in [-0.39, 0.29) is 0 Å². The third-order valence-electron chi connectivity index (χ3n) is 5.55. The van der Waals surface area contributed by atoms with E-state index in [0.29, 0.717) is 25.3 Å². The zero-order chi connectivity index (χ0) is 13.8. The van der Waals surface area contributed by atoms with Crippen molar-refractivity contribution in [1.29, 1.82) is 0 Å². The van der Waals surface area contributed by atoms with Crippen LogP contribution in [0.2, 0.25) is 0 Å². The topological polar surface area (TPSA) is 53.5 Å². The summed E-state index contributed by atoms with van der Waals surface area (Å²) in [4.78, 5) is 0. The largest absolute Gasteiger partial charge is 0.388 e. The third kappa shape index (κ3) is 3.53. The van der Waals surface area contributed by atoms with Crippen LogP contribution in [0, 0.1) is 5.92 Å². The zero-order valence-electron chi connectivity index (χ0n) is 12.6. The van der Waals surface area contributed by atoms with Gasteiger partial charge >= 0.3 is 0 Å². The average molecular weight is 282 g/mol. The molecule has 2 heterocycles. The number of ether oxygens (including phenoxy) is 1. The van der Waals surface area contributed by atoms with Crippen molar-refractivity contribution >= 4 is 0 Å². The quantitative estimate of drug-likeness (QED) is 0.730. The molecule has 0 aromatic carbocycles. The van der Waals surface area contributed by atoms with E-state index in [9.17, 15) is 5.11 Å². The van der Waals surface area contributed by atoms with Gasteiger partial charge in [0, 0.05) is 44.7 Å². The monoisotopic (exact) mass is 282 g/mol. The Morgan fingerprint density at radius 3 is 2.65 bits per heavy atom. The molecular weight excluding hydrogens is 252 g/mol. The zero-order valence-corrected chi connectivity index (χ0v) is 12.6. The number of rotatable bonds is 4. The predicted molar refractivity (Wildman–Crippen MR) is 79.8 cm³/mol. The molecule has 3 rings (SSSR count). The van der Waals surface area contributed by atoms with Gasteiger partial charge in [-0.1, -0.05) is 12.8 Å². The van der Waals surface area contributed by atoms with Crippen LogP contribution >= 0.6 is 0 Å². The highest BCUT2D eigenvalue weighted by Gasteiger charge is 2.35. The lowest BCUT2D eigenvalue weighted by molar-refractivity contribution is -0.0643. The lowest BCUT2D eigenvalue weighted by atomic mass is 9.79. The van der Waals surface area contributed by atoms with Crippen LogP contribution in [0.25, 0.3) is 0 Å². The summed E-state index contributed by atoms with van der Waals surface area (Å²) in [7, 11) is 0. The van der Waals surface area contributed by atoms with Gasteiger partial charge in [-0.15, -0.1) is 0 Å². The normalized spacial score (nSPS) is 38.0. The van der Waals surface area contributed by atoms with Gasteiger partial charge < -0.3 is 20.5 Å². The second kappa shape index (κ2) is 6.73. The molecule has 4 heteroatoms. The third-order valence-corrected chi connectivity index (χ3v) is 5.55. The Balaban J connectivity index is 1.53. The molecule has 4 nitrogen and oxygen atoms in total. The Hall–Kier alpha value is -0.160. The first-order chi connectivity index (χ1) is 9.77. The van der Waals surface area contributed by atoms with Gasteiger partial charge in [0.05, 0.1) is 5.60 Å². The second-order valence-corrected chi connectivity index (χ2v) is 6.98. The molecule has 1 aliphatic carbocycles. The van der Waals surface area contributed by atoms with Crippen LogP contribution in [-0.4, -0.2) is 49.1 Å². The van der Waals surface area contributed by atoms with E-state index in [4.69, 9.17) is 4.74 Å². The lowest BCUT2D eigenvalue weighted by Gasteiger charge is -2.39. The van der Waals surface area contributed by atoms with Crippen molar-refractivity contribution in [2.24, 2.45) is 5.92 Å². The number of aliphatic hydroxyl groups is 1. The van der Waals surface area contributed by atoms with Gasteiger partial charge in [0.25, 0.3) is 0 Å². The standard InChI is InChI=1S/C16H30N2O2/c19-16(7-10-20-11-8-16)12-18-15-5-2-1-4-13(15)14-6-3-9-17-14/h13-15,17-19H,1-12H2. The second-order valence-electron chi connectivity index (χ2n) is 6.98. The highest BCUT2D eigenvalue weighted by Crippen LogP contribution is 2.31. The van der Waals surface area contributed by atoms with E-state index in [1.54, 1.807) is 0 Å². The maximum atomic E-state index is 10.6. The molecule has 0 bridgehead atoms. The summed E-state index contributed by atoms with van der Waals surface area (Å²) in [6.45, 7) is 3.34.